The first-order valence-corrected chi connectivity index (χ1v) is 5.66. The number of hydrogen-bond donors (Lipinski definition) is 1. The van der Waals surface area contributed by atoms with Gasteiger partial charge in [-0.3, -0.25) is 0 Å². The Hall–Kier alpha value is -2.85. The Morgan fingerprint density at radius 3 is 2.58 bits per heavy atom. The van der Waals surface area contributed by atoms with Gasteiger partial charge in [-0.15, -0.1) is 0 Å². The molecule has 3 nitrogen and oxygen atoms in total. The van der Waals surface area contributed by atoms with Crippen LogP contribution < -0.4 is 5.32 Å². The summed E-state index contributed by atoms with van der Waals surface area (Å²) in [5.41, 5.74) is 1.91. The number of benzene rings is 2. The van der Waals surface area contributed by atoms with Gasteiger partial charge in [0.05, 0.1) is 17.3 Å². The van der Waals surface area contributed by atoms with Gasteiger partial charge in [0.1, 0.15) is 17.4 Å². The van der Waals surface area contributed by atoms with Crippen molar-refractivity contribution in [3.63, 3.8) is 0 Å². The number of halogens is 1. The van der Waals surface area contributed by atoms with Crippen molar-refractivity contribution in [2.45, 2.75) is 6.54 Å². The van der Waals surface area contributed by atoms with Gasteiger partial charge in [0.25, 0.3) is 0 Å². The predicted octanol–water partition coefficient (Wildman–Crippen LogP) is 3.18. The third-order valence-corrected chi connectivity index (χ3v) is 2.66. The van der Waals surface area contributed by atoms with Crippen molar-refractivity contribution in [3.8, 4) is 12.1 Å². The Morgan fingerprint density at radius 1 is 1.05 bits per heavy atom. The zero-order valence-electron chi connectivity index (χ0n) is 10.0. The van der Waals surface area contributed by atoms with Gasteiger partial charge in [-0.1, -0.05) is 18.2 Å². The highest BCUT2D eigenvalue weighted by molar-refractivity contribution is 5.58. The predicted molar refractivity (Wildman–Crippen MR) is 69.6 cm³/mol. The molecule has 0 aromatic heterocycles. The lowest BCUT2D eigenvalue weighted by Gasteiger charge is -2.08. The monoisotopic (exact) mass is 251 g/mol. The Balaban J connectivity index is 2.18. The summed E-state index contributed by atoms with van der Waals surface area (Å²) in [4.78, 5) is 0. The molecule has 2 aromatic rings. The van der Waals surface area contributed by atoms with Gasteiger partial charge in [0.15, 0.2) is 0 Å². The molecule has 0 atom stereocenters. The summed E-state index contributed by atoms with van der Waals surface area (Å²) in [6.45, 7) is 0.424. The maximum Gasteiger partial charge on any atom is 0.143 e. The lowest BCUT2D eigenvalue weighted by Crippen LogP contribution is -2.02. The minimum atomic E-state index is -0.543. The minimum Gasteiger partial charge on any atom is -0.380 e. The van der Waals surface area contributed by atoms with Crippen LogP contribution in [0.4, 0.5) is 10.1 Å². The molecule has 92 valence electrons. The molecule has 0 bridgehead atoms. The zero-order valence-corrected chi connectivity index (χ0v) is 10.0. The third kappa shape index (κ3) is 2.88. The van der Waals surface area contributed by atoms with Crippen molar-refractivity contribution in [1.82, 2.24) is 0 Å². The van der Waals surface area contributed by atoms with Crippen LogP contribution in [-0.2, 0) is 6.54 Å². The molecule has 0 spiro atoms. The highest BCUT2D eigenvalue weighted by Gasteiger charge is 2.07. The quantitative estimate of drug-likeness (QED) is 0.911. The molecule has 2 rings (SSSR count). The molecule has 0 saturated heterocycles. The first-order chi connectivity index (χ1) is 9.24. The molecular weight excluding hydrogens is 241 g/mol. The normalized spacial score (nSPS) is 9.42. The second-order valence-electron chi connectivity index (χ2n) is 3.94. The Kier molecular flexibility index (Phi) is 3.75. The summed E-state index contributed by atoms with van der Waals surface area (Å²) < 4.78 is 13.4. The second kappa shape index (κ2) is 5.66. The highest BCUT2D eigenvalue weighted by atomic mass is 19.1. The van der Waals surface area contributed by atoms with E-state index >= 15 is 0 Å². The molecule has 0 amide bonds. The van der Waals surface area contributed by atoms with Gasteiger partial charge in [-0.05, 0) is 29.8 Å². The molecule has 0 heterocycles. The van der Waals surface area contributed by atoms with Crippen LogP contribution in [-0.4, -0.2) is 0 Å². The minimum absolute atomic E-state index is 0.000984. The van der Waals surface area contributed by atoms with Crippen LogP contribution >= 0.6 is 0 Å². The second-order valence-corrected chi connectivity index (χ2v) is 3.94. The van der Waals surface area contributed by atoms with Gasteiger partial charge in [0.2, 0.25) is 0 Å². The van der Waals surface area contributed by atoms with Crippen LogP contribution in [0.15, 0.2) is 42.5 Å². The molecule has 0 fully saturated rings. The topological polar surface area (TPSA) is 59.6 Å². The number of hydrogen-bond acceptors (Lipinski definition) is 3. The lowest BCUT2D eigenvalue weighted by atomic mass is 10.1. The first kappa shape index (κ1) is 12.6. The highest BCUT2D eigenvalue weighted by Crippen LogP contribution is 2.18. The summed E-state index contributed by atoms with van der Waals surface area (Å²) >= 11 is 0. The maximum absolute atomic E-state index is 13.4. The molecular formula is C15H10FN3. The van der Waals surface area contributed by atoms with E-state index in [0.29, 0.717) is 17.8 Å². The van der Waals surface area contributed by atoms with Crippen molar-refractivity contribution in [2.75, 3.05) is 5.32 Å². The van der Waals surface area contributed by atoms with E-state index in [1.807, 2.05) is 12.1 Å². The van der Waals surface area contributed by atoms with Crippen LogP contribution in [0.3, 0.4) is 0 Å². The van der Waals surface area contributed by atoms with E-state index in [9.17, 15) is 4.39 Å². The number of nitriles is 2. The van der Waals surface area contributed by atoms with Crippen molar-refractivity contribution in [2.24, 2.45) is 0 Å². The molecule has 0 saturated carbocycles. The average Bonchev–Trinajstić information content (AvgIpc) is 2.45. The van der Waals surface area contributed by atoms with E-state index in [1.165, 1.54) is 6.07 Å². The summed E-state index contributed by atoms with van der Waals surface area (Å²) in [6, 6.07) is 15.4. The SMILES string of the molecule is N#Cc1cccc(CNc2cccc(F)c2C#N)c1. The Labute approximate surface area is 110 Å². The molecule has 1 N–H and O–H groups in total. The fraction of sp³-hybridized carbons (Fsp3) is 0.0667. The number of anilines is 1. The number of nitrogens with zero attached hydrogens (tertiary/aromatic N) is 2. The summed E-state index contributed by atoms with van der Waals surface area (Å²) in [5, 5.41) is 20.7. The van der Waals surface area contributed by atoms with Gasteiger partial charge < -0.3 is 5.32 Å². The van der Waals surface area contributed by atoms with Gasteiger partial charge in [0, 0.05) is 6.54 Å². The van der Waals surface area contributed by atoms with E-state index in [4.69, 9.17) is 10.5 Å². The third-order valence-electron chi connectivity index (χ3n) is 2.66. The van der Waals surface area contributed by atoms with E-state index in [1.54, 1.807) is 30.3 Å². The van der Waals surface area contributed by atoms with E-state index < -0.39 is 5.82 Å². The lowest BCUT2D eigenvalue weighted by molar-refractivity contribution is 0.624. The maximum atomic E-state index is 13.4. The molecule has 0 aliphatic heterocycles. The largest absolute Gasteiger partial charge is 0.380 e. The van der Waals surface area contributed by atoms with E-state index in [0.717, 1.165) is 5.56 Å². The fourth-order valence-electron chi connectivity index (χ4n) is 1.73. The van der Waals surface area contributed by atoms with E-state index in [-0.39, 0.29) is 5.56 Å². The molecule has 0 radical (unpaired) electrons. The smallest absolute Gasteiger partial charge is 0.143 e. The number of nitrogens with one attached hydrogen (secondary N) is 1. The van der Waals surface area contributed by atoms with Gasteiger partial charge in [-0.25, -0.2) is 4.39 Å². The van der Waals surface area contributed by atoms with Crippen molar-refractivity contribution >= 4 is 5.69 Å². The van der Waals surface area contributed by atoms with Crippen LogP contribution in [0.1, 0.15) is 16.7 Å². The molecule has 19 heavy (non-hydrogen) atoms. The zero-order chi connectivity index (χ0) is 13.7. The molecule has 4 heteroatoms. The summed E-state index contributed by atoms with van der Waals surface area (Å²) in [6.07, 6.45) is 0. The fourth-order valence-corrected chi connectivity index (χ4v) is 1.73. The molecule has 0 aliphatic carbocycles. The van der Waals surface area contributed by atoms with Crippen molar-refractivity contribution in [3.05, 3.63) is 65.0 Å². The molecule has 0 unspecified atom stereocenters. The summed E-state index contributed by atoms with van der Waals surface area (Å²) in [5.74, 6) is -0.543. The molecule has 2 aromatic carbocycles. The van der Waals surface area contributed by atoms with Crippen LogP contribution in [0.5, 0.6) is 0 Å². The number of rotatable bonds is 3. The van der Waals surface area contributed by atoms with Crippen molar-refractivity contribution in [1.29, 1.82) is 10.5 Å². The van der Waals surface area contributed by atoms with Crippen LogP contribution in [0.25, 0.3) is 0 Å². The Morgan fingerprint density at radius 2 is 1.84 bits per heavy atom. The molecule has 0 aliphatic rings. The summed E-state index contributed by atoms with van der Waals surface area (Å²) in [7, 11) is 0. The van der Waals surface area contributed by atoms with Crippen molar-refractivity contribution < 1.29 is 4.39 Å². The first-order valence-electron chi connectivity index (χ1n) is 5.66. The van der Waals surface area contributed by atoms with Crippen LogP contribution in [0.2, 0.25) is 0 Å². The average molecular weight is 251 g/mol. The van der Waals surface area contributed by atoms with Gasteiger partial charge in [-0.2, -0.15) is 10.5 Å². The standard InChI is InChI=1S/C15H10FN3/c16-14-5-2-6-15(13(14)9-18)19-10-12-4-1-3-11(7-12)8-17/h1-7,19H,10H2. The Bertz CT molecular complexity index is 681. The van der Waals surface area contributed by atoms with Crippen LogP contribution in [0, 0.1) is 28.5 Å². The van der Waals surface area contributed by atoms with Gasteiger partial charge >= 0.3 is 0 Å². The van der Waals surface area contributed by atoms with E-state index in [2.05, 4.69) is 11.4 Å².